The Morgan fingerprint density at radius 2 is 1.89 bits per heavy atom. The third-order valence-corrected chi connectivity index (χ3v) is 2.87. The first-order valence-corrected chi connectivity index (χ1v) is 6.73. The van der Waals surface area contributed by atoms with Crippen molar-refractivity contribution in [3.63, 3.8) is 0 Å². The predicted octanol–water partition coefficient (Wildman–Crippen LogP) is 2.65. The van der Waals surface area contributed by atoms with Crippen molar-refractivity contribution in [3.05, 3.63) is 11.9 Å². The fourth-order valence-electron chi connectivity index (χ4n) is 1.66. The minimum absolute atomic E-state index is 0.0771. The number of aromatic nitrogens is 2. The molecule has 0 spiro atoms. The normalized spacial score (nSPS) is 13.2. The van der Waals surface area contributed by atoms with Crippen LogP contribution in [0.15, 0.2) is 6.07 Å². The van der Waals surface area contributed by atoms with Crippen molar-refractivity contribution >= 4 is 11.6 Å². The minimum Gasteiger partial charge on any atom is -0.383 e. The molecule has 0 aliphatic rings. The molecular weight excluding hydrogens is 240 g/mol. The van der Waals surface area contributed by atoms with Crippen molar-refractivity contribution < 1.29 is 4.74 Å². The number of hydrogen-bond donors (Lipinski definition) is 2. The summed E-state index contributed by atoms with van der Waals surface area (Å²) in [6.07, 6.45) is 0.984. The van der Waals surface area contributed by atoms with Crippen LogP contribution in [0.3, 0.4) is 0 Å². The maximum Gasteiger partial charge on any atom is 0.138 e. The molecule has 0 saturated heterocycles. The van der Waals surface area contributed by atoms with Crippen molar-refractivity contribution in [2.24, 2.45) is 0 Å². The molecule has 1 aromatic rings. The number of nitrogens with zero attached hydrogens (tertiary/aromatic N) is 2. The van der Waals surface area contributed by atoms with Gasteiger partial charge in [-0.25, -0.2) is 9.97 Å². The summed E-state index contributed by atoms with van der Waals surface area (Å²) in [5.41, 5.74) is -0.0771. The Kier molecular flexibility index (Phi) is 5.54. The van der Waals surface area contributed by atoms with Gasteiger partial charge in [0.1, 0.15) is 17.5 Å². The van der Waals surface area contributed by atoms with Crippen LogP contribution in [-0.4, -0.2) is 36.8 Å². The van der Waals surface area contributed by atoms with Gasteiger partial charge < -0.3 is 15.4 Å². The first-order valence-electron chi connectivity index (χ1n) is 6.73. The average Bonchev–Trinajstić information content (AvgIpc) is 2.36. The molecular formula is C14H26N4O. The zero-order valence-electron chi connectivity index (χ0n) is 12.9. The van der Waals surface area contributed by atoms with E-state index in [9.17, 15) is 0 Å². The van der Waals surface area contributed by atoms with Gasteiger partial charge in [0.15, 0.2) is 0 Å². The third kappa shape index (κ3) is 4.67. The topological polar surface area (TPSA) is 59.1 Å². The zero-order valence-corrected chi connectivity index (χ0v) is 12.9. The number of rotatable bonds is 6. The highest BCUT2D eigenvalue weighted by Crippen LogP contribution is 2.22. The summed E-state index contributed by atoms with van der Waals surface area (Å²) in [7, 11) is 3.58. The SMILES string of the molecule is CCC(COC)Nc1cc(NC)nc(C(C)(C)C)n1. The van der Waals surface area contributed by atoms with E-state index in [0.717, 1.165) is 23.9 Å². The molecule has 1 heterocycles. The van der Waals surface area contributed by atoms with E-state index < -0.39 is 0 Å². The Morgan fingerprint density at radius 3 is 2.37 bits per heavy atom. The van der Waals surface area contributed by atoms with Gasteiger partial charge in [0, 0.05) is 25.6 Å². The van der Waals surface area contributed by atoms with Gasteiger partial charge in [-0.1, -0.05) is 27.7 Å². The Hall–Kier alpha value is -1.36. The molecule has 0 amide bonds. The number of hydrogen-bond acceptors (Lipinski definition) is 5. The van der Waals surface area contributed by atoms with E-state index in [1.54, 1.807) is 7.11 Å². The van der Waals surface area contributed by atoms with Gasteiger partial charge in [-0.05, 0) is 6.42 Å². The second-order valence-corrected chi connectivity index (χ2v) is 5.67. The van der Waals surface area contributed by atoms with Crippen LogP contribution < -0.4 is 10.6 Å². The molecule has 1 unspecified atom stereocenters. The van der Waals surface area contributed by atoms with Gasteiger partial charge in [-0.2, -0.15) is 0 Å². The Bertz CT molecular complexity index is 401. The molecule has 0 radical (unpaired) electrons. The van der Waals surface area contributed by atoms with Crippen LogP contribution in [-0.2, 0) is 10.2 Å². The van der Waals surface area contributed by atoms with E-state index in [-0.39, 0.29) is 11.5 Å². The Morgan fingerprint density at radius 1 is 1.26 bits per heavy atom. The molecule has 5 heteroatoms. The maximum atomic E-state index is 5.20. The second-order valence-electron chi connectivity index (χ2n) is 5.67. The Labute approximate surface area is 116 Å². The fourth-order valence-corrected chi connectivity index (χ4v) is 1.66. The van der Waals surface area contributed by atoms with E-state index in [1.165, 1.54) is 0 Å². The third-order valence-electron chi connectivity index (χ3n) is 2.87. The van der Waals surface area contributed by atoms with Crippen molar-refractivity contribution in [3.8, 4) is 0 Å². The van der Waals surface area contributed by atoms with Crippen LogP contribution in [0.5, 0.6) is 0 Å². The molecule has 0 aromatic carbocycles. The summed E-state index contributed by atoms with van der Waals surface area (Å²) in [5, 5.41) is 6.48. The molecule has 19 heavy (non-hydrogen) atoms. The molecule has 0 saturated carbocycles. The lowest BCUT2D eigenvalue weighted by Crippen LogP contribution is -2.26. The summed E-state index contributed by atoms with van der Waals surface area (Å²) < 4.78 is 5.20. The van der Waals surface area contributed by atoms with E-state index in [2.05, 4.69) is 48.3 Å². The fraction of sp³-hybridized carbons (Fsp3) is 0.714. The molecule has 0 aliphatic carbocycles. The van der Waals surface area contributed by atoms with Crippen LogP contribution in [0.2, 0.25) is 0 Å². The van der Waals surface area contributed by atoms with Crippen LogP contribution in [0.25, 0.3) is 0 Å². The van der Waals surface area contributed by atoms with Gasteiger partial charge in [0.25, 0.3) is 0 Å². The predicted molar refractivity (Wildman–Crippen MR) is 79.9 cm³/mol. The van der Waals surface area contributed by atoms with E-state index in [1.807, 2.05) is 13.1 Å². The summed E-state index contributed by atoms with van der Waals surface area (Å²) in [5.74, 6) is 2.50. The summed E-state index contributed by atoms with van der Waals surface area (Å²) >= 11 is 0. The van der Waals surface area contributed by atoms with Crippen molar-refractivity contribution in [1.29, 1.82) is 0 Å². The molecule has 0 aliphatic heterocycles. The van der Waals surface area contributed by atoms with Crippen LogP contribution in [0.1, 0.15) is 39.9 Å². The number of ether oxygens (including phenoxy) is 1. The van der Waals surface area contributed by atoms with Crippen LogP contribution in [0, 0.1) is 0 Å². The average molecular weight is 266 g/mol. The van der Waals surface area contributed by atoms with Gasteiger partial charge in [-0.15, -0.1) is 0 Å². The summed E-state index contributed by atoms with van der Waals surface area (Å²) in [4.78, 5) is 9.11. The molecule has 1 aromatic heterocycles. The number of nitrogens with one attached hydrogen (secondary N) is 2. The molecule has 1 atom stereocenters. The molecule has 2 N–H and O–H groups in total. The van der Waals surface area contributed by atoms with Crippen molar-refractivity contribution in [1.82, 2.24) is 9.97 Å². The quantitative estimate of drug-likeness (QED) is 0.829. The largest absolute Gasteiger partial charge is 0.383 e. The van der Waals surface area contributed by atoms with E-state index in [0.29, 0.717) is 6.61 Å². The van der Waals surface area contributed by atoms with Crippen LogP contribution in [0.4, 0.5) is 11.6 Å². The van der Waals surface area contributed by atoms with Crippen molar-refractivity contribution in [2.75, 3.05) is 31.4 Å². The van der Waals surface area contributed by atoms with Gasteiger partial charge >= 0.3 is 0 Å². The highest BCUT2D eigenvalue weighted by molar-refractivity contribution is 5.48. The standard InChI is InChI=1S/C14H26N4O/c1-7-10(9-19-6)16-12-8-11(15-5)17-13(18-12)14(2,3)4/h8,10H,7,9H2,1-6H3,(H2,15,16,17,18). The smallest absolute Gasteiger partial charge is 0.138 e. The molecule has 5 nitrogen and oxygen atoms in total. The van der Waals surface area contributed by atoms with E-state index in [4.69, 9.17) is 4.74 Å². The second kappa shape index (κ2) is 6.70. The first-order chi connectivity index (χ1) is 8.90. The zero-order chi connectivity index (χ0) is 14.5. The molecule has 108 valence electrons. The lowest BCUT2D eigenvalue weighted by atomic mass is 9.96. The molecule has 1 rings (SSSR count). The number of anilines is 2. The lowest BCUT2D eigenvalue weighted by molar-refractivity contribution is 0.184. The van der Waals surface area contributed by atoms with Gasteiger partial charge in [0.2, 0.25) is 0 Å². The number of methoxy groups -OCH3 is 1. The van der Waals surface area contributed by atoms with Gasteiger partial charge in [-0.3, -0.25) is 0 Å². The summed E-state index contributed by atoms with van der Waals surface area (Å²) in [6.45, 7) is 9.12. The lowest BCUT2D eigenvalue weighted by Gasteiger charge is -2.21. The van der Waals surface area contributed by atoms with E-state index >= 15 is 0 Å². The van der Waals surface area contributed by atoms with Gasteiger partial charge in [0.05, 0.1) is 12.6 Å². The van der Waals surface area contributed by atoms with Crippen LogP contribution >= 0.6 is 0 Å². The minimum atomic E-state index is -0.0771. The summed E-state index contributed by atoms with van der Waals surface area (Å²) in [6, 6.07) is 2.19. The highest BCUT2D eigenvalue weighted by atomic mass is 16.5. The highest BCUT2D eigenvalue weighted by Gasteiger charge is 2.19. The Balaban J connectivity index is 3.00. The van der Waals surface area contributed by atoms with Crippen molar-refractivity contribution in [2.45, 2.75) is 45.6 Å². The monoisotopic (exact) mass is 266 g/mol. The first kappa shape index (κ1) is 15.7. The molecule has 0 fully saturated rings. The molecule has 0 bridgehead atoms. The maximum absolute atomic E-state index is 5.20.